The molecule has 0 unspecified atom stereocenters. The summed E-state index contributed by atoms with van der Waals surface area (Å²) in [6.07, 6.45) is 7.47. The highest BCUT2D eigenvalue weighted by atomic mass is 35.5. The van der Waals surface area contributed by atoms with E-state index in [1.165, 1.54) is 13.8 Å². The van der Waals surface area contributed by atoms with Gasteiger partial charge in [0, 0.05) is 37.1 Å². The number of fused-ring (bicyclic) bond motifs is 6. The molecule has 166 valence electrons. The summed E-state index contributed by atoms with van der Waals surface area (Å²) in [6, 6.07) is 6.41. The SMILES string of the molecule is CC(=O)Oc1cc2c(cc1Cl)C1(OCC3=CC=C=CC=C31)c1cc(Cl)c(OC(C)=O)cc1O2. The van der Waals surface area contributed by atoms with Crippen molar-refractivity contribution in [2.24, 2.45) is 0 Å². The predicted molar refractivity (Wildman–Crippen MR) is 121 cm³/mol. The van der Waals surface area contributed by atoms with Crippen LogP contribution in [0.25, 0.3) is 0 Å². The fourth-order valence-corrected chi connectivity index (χ4v) is 4.63. The van der Waals surface area contributed by atoms with E-state index >= 15 is 0 Å². The zero-order valence-electron chi connectivity index (χ0n) is 17.5. The molecule has 1 saturated heterocycles. The second kappa shape index (κ2) is 7.94. The molecule has 1 fully saturated rings. The zero-order valence-corrected chi connectivity index (χ0v) is 19.0. The number of ether oxygens (including phenoxy) is 4. The smallest absolute Gasteiger partial charge is 0.308 e. The van der Waals surface area contributed by atoms with Crippen LogP contribution in [-0.2, 0) is 19.9 Å². The maximum Gasteiger partial charge on any atom is 0.308 e. The van der Waals surface area contributed by atoms with E-state index in [9.17, 15) is 9.59 Å². The molecule has 0 aromatic heterocycles. The highest BCUT2D eigenvalue weighted by molar-refractivity contribution is 6.32. The lowest BCUT2D eigenvalue weighted by Gasteiger charge is -2.38. The number of rotatable bonds is 2. The molecule has 0 N–H and O–H groups in total. The van der Waals surface area contributed by atoms with E-state index in [0.29, 0.717) is 29.2 Å². The normalized spacial score (nSPS) is 16.6. The predicted octanol–water partition coefficient (Wildman–Crippen LogP) is 5.80. The molecule has 2 aliphatic heterocycles. The van der Waals surface area contributed by atoms with Crippen molar-refractivity contribution in [3.05, 3.63) is 86.6 Å². The Balaban J connectivity index is 1.79. The van der Waals surface area contributed by atoms with E-state index in [1.54, 1.807) is 30.3 Å². The minimum Gasteiger partial charge on any atom is -0.456 e. The lowest BCUT2D eigenvalue weighted by atomic mass is 9.76. The van der Waals surface area contributed by atoms with Crippen LogP contribution in [0.3, 0.4) is 0 Å². The van der Waals surface area contributed by atoms with Crippen LogP contribution in [0.15, 0.2) is 65.4 Å². The first-order valence-corrected chi connectivity index (χ1v) is 10.7. The molecule has 33 heavy (non-hydrogen) atoms. The molecular weight excluding hydrogens is 467 g/mol. The lowest BCUT2D eigenvalue weighted by molar-refractivity contribution is -0.132. The van der Waals surface area contributed by atoms with Crippen molar-refractivity contribution >= 4 is 35.1 Å². The minimum atomic E-state index is -1.11. The molecule has 3 aliphatic rings. The Morgan fingerprint density at radius 3 is 2.00 bits per heavy atom. The highest BCUT2D eigenvalue weighted by Crippen LogP contribution is 2.59. The van der Waals surface area contributed by atoms with E-state index in [0.717, 1.165) is 11.1 Å². The number of halogens is 2. The third-order valence-corrected chi connectivity index (χ3v) is 6.04. The Labute approximate surface area is 199 Å². The van der Waals surface area contributed by atoms with Gasteiger partial charge >= 0.3 is 11.9 Å². The van der Waals surface area contributed by atoms with Gasteiger partial charge in [0.05, 0.1) is 16.7 Å². The zero-order chi connectivity index (χ0) is 23.3. The molecule has 2 aromatic rings. The molecule has 0 amide bonds. The second-order valence-electron chi connectivity index (χ2n) is 7.59. The monoisotopic (exact) mass is 482 g/mol. The van der Waals surface area contributed by atoms with Gasteiger partial charge in [-0.3, -0.25) is 9.59 Å². The Morgan fingerprint density at radius 1 is 0.909 bits per heavy atom. The minimum absolute atomic E-state index is 0.154. The van der Waals surface area contributed by atoms with Crippen LogP contribution >= 0.6 is 23.2 Å². The van der Waals surface area contributed by atoms with Crippen molar-refractivity contribution in [2.45, 2.75) is 19.4 Å². The van der Waals surface area contributed by atoms with Gasteiger partial charge in [-0.2, -0.15) is 0 Å². The molecule has 0 atom stereocenters. The highest BCUT2D eigenvalue weighted by Gasteiger charge is 2.52. The Morgan fingerprint density at radius 2 is 1.45 bits per heavy atom. The topological polar surface area (TPSA) is 71.1 Å². The molecule has 8 heteroatoms. The summed E-state index contributed by atoms with van der Waals surface area (Å²) in [4.78, 5) is 23.1. The summed E-state index contributed by atoms with van der Waals surface area (Å²) < 4.78 is 23.1. The number of hydrogen-bond donors (Lipinski definition) is 0. The quantitative estimate of drug-likeness (QED) is 0.306. The van der Waals surface area contributed by atoms with Crippen LogP contribution in [-0.4, -0.2) is 18.5 Å². The fraction of sp³-hybridized carbons (Fsp3) is 0.160. The van der Waals surface area contributed by atoms with Crippen LogP contribution in [0.2, 0.25) is 10.0 Å². The molecule has 1 aliphatic carbocycles. The summed E-state index contributed by atoms with van der Waals surface area (Å²) in [5.74, 6) is 0.0281. The van der Waals surface area contributed by atoms with Gasteiger partial charge in [-0.25, -0.2) is 0 Å². The molecule has 2 heterocycles. The van der Waals surface area contributed by atoms with E-state index in [2.05, 4.69) is 5.73 Å². The van der Waals surface area contributed by atoms with Crippen LogP contribution in [0.1, 0.15) is 25.0 Å². The number of benzene rings is 2. The average Bonchev–Trinajstić information content (AvgIpc) is 2.92. The molecule has 2 aromatic carbocycles. The summed E-state index contributed by atoms with van der Waals surface area (Å²) in [7, 11) is 0. The van der Waals surface area contributed by atoms with Crippen molar-refractivity contribution in [1.29, 1.82) is 0 Å². The molecule has 0 radical (unpaired) electrons. The molecular formula is C25H16Cl2O6. The van der Waals surface area contributed by atoms with Crippen LogP contribution in [0.4, 0.5) is 0 Å². The van der Waals surface area contributed by atoms with Gasteiger partial charge in [-0.05, 0) is 47.6 Å². The maximum atomic E-state index is 11.6. The molecule has 6 nitrogen and oxygen atoms in total. The summed E-state index contributed by atoms with van der Waals surface area (Å²) in [6.45, 7) is 2.89. The third-order valence-electron chi connectivity index (χ3n) is 5.45. The first-order valence-electron chi connectivity index (χ1n) is 9.99. The summed E-state index contributed by atoms with van der Waals surface area (Å²) in [5, 5.41) is 0.448. The molecule has 1 spiro atoms. The number of hydrogen-bond acceptors (Lipinski definition) is 6. The van der Waals surface area contributed by atoms with E-state index in [1.807, 2.05) is 18.2 Å². The van der Waals surface area contributed by atoms with Gasteiger partial charge in [-0.1, -0.05) is 23.2 Å². The van der Waals surface area contributed by atoms with Crippen molar-refractivity contribution in [3.8, 4) is 23.0 Å². The van der Waals surface area contributed by atoms with Crippen molar-refractivity contribution in [3.63, 3.8) is 0 Å². The molecule has 5 rings (SSSR count). The summed E-state index contributed by atoms with van der Waals surface area (Å²) >= 11 is 13.0. The van der Waals surface area contributed by atoms with E-state index < -0.39 is 17.5 Å². The average molecular weight is 483 g/mol. The van der Waals surface area contributed by atoms with Crippen molar-refractivity contribution in [2.75, 3.05) is 6.61 Å². The number of carbonyl (C=O) groups excluding carboxylic acids is 2. The molecule has 0 bridgehead atoms. The van der Waals surface area contributed by atoms with Gasteiger partial charge in [0.25, 0.3) is 0 Å². The van der Waals surface area contributed by atoms with Gasteiger partial charge in [0.15, 0.2) is 17.1 Å². The molecule has 0 saturated carbocycles. The maximum absolute atomic E-state index is 11.6. The number of esters is 2. The summed E-state index contributed by atoms with van der Waals surface area (Å²) in [5.41, 5.74) is 5.03. The largest absolute Gasteiger partial charge is 0.456 e. The number of allylic oxidation sites excluding steroid dienone is 3. The Bertz CT molecular complexity index is 1290. The van der Waals surface area contributed by atoms with Gasteiger partial charge in [-0.15, -0.1) is 5.73 Å². The standard InChI is InChI=1S/C25H16Cl2O6/c1-13(28)31-23-10-21-17(8-19(23)26)25(16-7-5-3-4-6-15(16)12-30-25)18-9-20(27)24(32-14(2)29)11-22(18)33-21/h4-11H,12H2,1-2H3. The van der Waals surface area contributed by atoms with Crippen LogP contribution < -0.4 is 14.2 Å². The number of carbonyl (C=O) groups is 2. The Hall–Kier alpha value is -3.28. The van der Waals surface area contributed by atoms with Crippen molar-refractivity contribution in [1.82, 2.24) is 0 Å². The van der Waals surface area contributed by atoms with Crippen LogP contribution in [0.5, 0.6) is 23.0 Å². The van der Waals surface area contributed by atoms with Crippen molar-refractivity contribution < 1.29 is 28.5 Å². The van der Waals surface area contributed by atoms with E-state index in [-0.39, 0.29) is 21.5 Å². The van der Waals surface area contributed by atoms with Gasteiger partial charge in [0.1, 0.15) is 11.5 Å². The first-order chi connectivity index (χ1) is 15.8. The van der Waals surface area contributed by atoms with Crippen LogP contribution in [0, 0.1) is 0 Å². The van der Waals surface area contributed by atoms with Gasteiger partial charge < -0.3 is 18.9 Å². The second-order valence-corrected chi connectivity index (χ2v) is 8.40. The third kappa shape index (κ3) is 3.48. The first kappa shape index (κ1) is 21.6. The van der Waals surface area contributed by atoms with Gasteiger partial charge in [0.2, 0.25) is 0 Å². The Kier molecular flexibility index (Phi) is 5.19. The lowest BCUT2D eigenvalue weighted by Crippen LogP contribution is -2.32. The van der Waals surface area contributed by atoms with E-state index in [4.69, 9.17) is 42.1 Å². The fourth-order valence-electron chi connectivity index (χ4n) is 4.23.